The topological polar surface area (TPSA) is 20.2 Å². The van der Waals surface area contributed by atoms with E-state index in [0.29, 0.717) is 6.42 Å². The van der Waals surface area contributed by atoms with Gasteiger partial charge in [0.05, 0.1) is 6.10 Å². The maximum Gasteiger partial charge on any atom is 0.194 e. The van der Waals surface area contributed by atoms with E-state index in [2.05, 4.69) is 0 Å². The van der Waals surface area contributed by atoms with Gasteiger partial charge in [0.1, 0.15) is 0 Å². The summed E-state index contributed by atoms with van der Waals surface area (Å²) in [5, 5.41) is 9.71. The van der Waals surface area contributed by atoms with Crippen molar-refractivity contribution in [2.45, 2.75) is 32.8 Å². The van der Waals surface area contributed by atoms with Gasteiger partial charge in [-0.1, -0.05) is 20.3 Å². The highest BCUT2D eigenvalue weighted by Gasteiger charge is 2.17. The largest absolute Gasteiger partial charge is 0.388 e. The number of aliphatic hydroxyl groups is 1. The number of hydrogen-bond acceptors (Lipinski definition) is 1. The molecule has 0 aliphatic heterocycles. The average molecular weight is 232 g/mol. The lowest BCUT2D eigenvalue weighted by Gasteiger charge is -2.15. The Morgan fingerprint density at radius 2 is 1.69 bits per heavy atom. The summed E-state index contributed by atoms with van der Waals surface area (Å²) < 4.78 is 38.5. The molecule has 0 heterocycles. The molecule has 0 aliphatic carbocycles. The van der Waals surface area contributed by atoms with Crippen molar-refractivity contribution in [3.8, 4) is 0 Å². The van der Waals surface area contributed by atoms with Crippen molar-refractivity contribution in [2.75, 3.05) is 0 Å². The fourth-order valence-corrected chi connectivity index (χ4v) is 1.45. The van der Waals surface area contributed by atoms with Crippen LogP contribution in [0.1, 0.15) is 38.4 Å². The third kappa shape index (κ3) is 2.98. The molecule has 0 amide bonds. The normalized spacial score (nSPS) is 14.9. The van der Waals surface area contributed by atoms with Crippen LogP contribution in [0.2, 0.25) is 0 Å². The molecular formula is C12H15F3O. The maximum atomic E-state index is 12.9. The van der Waals surface area contributed by atoms with Crippen molar-refractivity contribution in [1.82, 2.24) is 0 Å². The van der Waals surface area contributed by atoms with Crippen molar-refractivity contribution < 1.29 is 18.3 Å². The van der Waals surface area contributed by atoms with Crippen LogP contribution >= 0.6 is 0 Å². The molecule has 16 heavy (non-hydrogen) atoms. The summed E-state index contributed by atoms with van der Waals surface area (Å²) in [5.74, 6) is -3.79. The minimum atomic E-state index is -1.50. The Kier molecular flexibility index (Phi) is 4.35. The second-order valence-electron chi connectivity index (χ2n) is 4.06. The van der Waals surface area contributed by atoms with Gasteiger partial charge in [0.15, 0.2) is 17.5 Å². The monoisotopic (exact) mass is 232 g/mol. The van der Waals surface area contributed by atoms with Crippen molar-refractivity contribution in [1.29, 1.82) is 0 Å². The lowest BCUT2D eigenvalue weighted by Crippen LogP contribution is -2.05. The third-order valence-electron chi connectivity index (χ3n) is 2.71. The second-order valence-corrected chi connectivity index (χ2v) is 4.06. The Morgan fingerprint density at radius 1 is 1.19 bits per heavy atom. The quantitative estimate of drug-likeness (QED) is 0.787. The van der Waals surface area contributed by atoms with Crippen LogP contribution in [-0.4, -0.2) is 5.11 Å². The van der Waals surface area contributed by atoms with Crippen molar-refractivity contribution in [2.24, 2.45) is 5.92 Å². The average Bonchev–Trinajstić information content (AvgIpc) is 2.24. The molecule has 0 bridgehead atoms. The van der Waals surface area contributed by atoms with Crippen LogP contribution in [0, 0.1) is 23.4 Å². The molecule has 90 valence electrons. The van der Waals surface area contributed by atoms with E-state index in [4.69, 9.17) is 0 Å². The van der Waals surface area contributed by atoms with Crippen LogP contribution in [-0.2, 0) is 0 Å². The lowest BCUT2D eigenvalue weighted by molar-refractivity contribution is 0.145. The molecule has 0 aromatic heterocycles. The molecule has 1 N–H and O–H groups in total. The number of benzene rings is 1. The molecule has 0 saturated carbocycles. The Morgan fingerprint density at radius 3 is 2.12 bits per heavy atom. The smallest absolute Gasteiger partial charge is 0.194 e. The fourth-order valence-electron chi connectivity index (χ4n) is 1.45. The molecule has 0 saturated heterocycles. The Bertz CT molecular complexity index is 342. The highest BCUT2D eigenvalue weighted by atomic mass is 19.2. The predicted octanol–water partition coefficient (Wildman–Crippen LogP) is 3.57. The Balaban J connectivity index is 2.88. The molecule has 1 aromatic rings. The summed E-state index contributed by atoms with van der Waals surface area (Å²) in [6.45, 7) is 3.89. The van der Waals surface area contributed by atoms with Crippen molar-refractivity contribution >= 4 is 0 Å². The first kappa shape index (κ1) is 13.0. The number of rotatable bonds is 4. The van der Waals surface area contributed by atoms with Gasteiger partial charge in [-0.25, -0.2) is 13.2 Å². The van der Waals surface area contributed by atoms with Gasteiger partial charge >= 0.3 is 0 Å². The molecule has 1 rings (SSSR count). The maximum absolute atomic E-state index is 12.9. The minimum Gasteiger partial charge on any atom is -0.388 e. The second kappa shape index (κ2) is 5.34. The van der Waals surface area contributed by atoms with Crippen molar-refractivity contribution in [3.05, 3.63) is 35.1 Å². The summed E-state index contributed by atoms with van der Waals surface area (Å²) in [4.78, 5) is 0. The van der Waals surface area contributed by atoms with Crippen LogP contribution in [0.5, 0.6) is 0 Å². The van der Waals surface area contributed by atoms with E-state index in [-0.39, 0.29) is 11.5 Å². The molecule has 1 aromatic carbocycles. The zero-order valence-corrected chi connectivity index (χ0v) is 9.30. The number of halogens is 3. The number of hydrogen-bond donors (Lipinski definition) is 1. The van der Waals surface area contributed by atoms with Gasteiger partial charge in [-0.05, 0) is 30.0 Å². The van der Waals surface area contributed by atoms with E-state index in [1.807, 2.05) is 13.8 Å². The van der Waals surface area contributed by atoms with E-state index in [1.54, 1.807) is 0 Å². The van der Waals surface area contributed by atoms with Gasteiger partial charge in [0.2, 0.25) is 0 Å². The number of aliphatic hydroxyl groups excluding tert-OH is 1. The first-order valence-corrected chi connectivity index (χ1v) is 5.28. The molecule has 0 aliphatic rings. The van der Waals surface area contributed by atoms with E-state index >= 15 is 0 Å². The molecule has 2 unspecified atom stereocenters. The molecule has 1 nitrogen and oxygen atoms in total. The molecule has 0 fully saturated rings. The summed E-state index contributed by atoms with van der Waals surface area (Å²) in [5.41, 5.74) is 0.0803. The van der Waals surface area contributed by atoms with E-state index in [9.17, 15) is 18.3 Å². The Hall–Kier alpha value is -1.03. The van der Waals surface area contributed by atoms with Crippen molar-refractivity contribution in [3.63, 3.8) is 0 Å². The zero-order valence-electron chi connectivity index (χ0n) is 9.30. The van der Waals surface area contributed by atoms with Crippen LogP contribution in [0.15, 0.2) is 12.1 Å². The van der Waals surface area contributed by atoms with Crippen LogP contribution in [0.3, 0.4) is 0 Å². The molecule has 4 heteroatoms. The SMILES string of the molecule is CCC(C)CC(O)c1cc(F)c(F)c(F)c1. The molecule has 0 spiro atoms. The van der Waals surface area contributed by atoms with Crippen LogP contribution in [0.4, 0.5) is 13.2 Å². The lowest BCUT2D eigenvalue weighted by atomic mass is 9.96. The van der Waals surface area contributed by atoms with Crippen LogP contribution < -0.4 is 0 Å². The molecule has 2 atom stereocenters. The zero-order chi connectivity index (χ0) is 12.3. The van der Waals surface area contributed by atoms with Gasteiger partial charge in [-0.3, -0.25) is 0 Å². The first-order valence-electron chi connectivity index (χ1n) is 5.28. The van der Waals surface area contributed by atoms with Gasteiger partial charge in [-0.15, -0.1) is 0 Å². The van der Waals surface area contributed by atoms with E-state index in [1.165, 1.54) is 0 Å². The molecular weight excluding hydrogens is 217 g/mol. The van der Waals surface area contributed by atoms with Gasteiger partial charge < -0.3 is 5.11 Å². The summed E-state index contributed by atoms with van der Waals surface area (Å²) >= 11 is 0. The summed E-state index contributed by atoms with van der Waals surface area (Å²) in [6, 6.07) is 1.68. The Labute approximate surface area is 92.9 Å². The highest BCUT2D eigenvalue weighted by Crippen LogP contribution is 2.25. The predicted molar refractivity (Wildman–Crippen MR) is 55.3 cm³/mol. The van der Waals surface area contributed by atoms with Gasteiger partial charge in [0.25, 0.3) is 0 Å². The van der Waals surface area contributed by atoms with E-state index in [0.717, 1.165) is 18.6 Å². The summed E-state index contributed by atoms with van der Waals surface area (Å²) in [6.07, 6.45) is 0.309. The molecule has 0 radical (unpaired) electrons. The van der Waals surface area contributed by atoms with Gasteiger partial charge in [0, 0.05) is 0 Å². The minimum absolute atomic E-state index is 0.0803. The third-order valence-corrected chi connectivity index (χ3v) is 2.71. The standard InChI is InChI=1S/C12H15F3O/c1-3-7(2)4-11(16)8-5-9(13)12(15)10(14)6-8/h5-7,11,16H,3-4H2,1-2H3. The van der Waals surface area contributed by atoms with Crippen LogP contribution in [0.25, 0.3) is 0 Å². The fraction of sp³-hybridized carbons (Fsp3) is 0.500. The van der Waals surface area contributed by atoms with Gasteiger partial charge in [-0.2, -0.15) is 0 Å². The first-order chi connectivity index (χ1) is 7.45. The van der Waals surface area contributed by atoms with E-state index < -0.39 is 23.6 Å². The highest BCUT2D eigenvalue weighted by molar-refractivity contribution is 5.21. The summed E-state index contributed by atoms with van der Waals surface area (Å²) in [7, 11) is 0.